The third kappa shape index (κ3) is 2.04. The molecular weight excluding hydrogens is 236 g/mol. The molecule has 1 saturated heterocycles. The van der Waals surface area contributed by atoms with E-state index in [1.807, 2.05) is 13.1 Å². The van der Waals surface area contributed by atoms with Gasteiger partial charge in [0.15, 0.2) is 0 Å². The van der Waals surface area contributed by atoms with Gasteiger partial charge in [-0.1, -0.05) is 0 Å². The summed E-state index contributed by atoms with van der Waals surface area (Å²) in [7, 11) is 2.01. The van der Waals surface area contributed by atoms with Crippen molar-refractivity contribution in [3.05, 3.63) is 15.3 Å². The van der Waals surface area contributed by atoms with Crippen LogP contribution in [-0.2, 0) is 5.60 Å². The van der Waals surface area contributed by atoms with Gasteiger partial charge in [0.2, 0.25) is 0 Å². The molecule has 0 unspecified atom stereocenters. The maximum absolute atomic E-state index is 10.6. The van der Waals surface area contributed by atoms with Crippen molar-refractivity contribution in [2.24, 2.45) is 0 Å². The smallest absolute Gasteiger partial charge is 0.150 e. The molecule has 0 saturated carbocycles. The molecule has 92 valence electrons. The van der Waals surface area contributed by atoms with Gasteiger partial charge in [0.25, 0.3) is 0 Å². The number of hydrogen-bond acceptors (Lipinski definition) is 5. The zero-order valence-corrected chi connectivity index (χ0v) is 10.8. The van der Waals surface area contributed by atoms with E-state index < -0.39 is 5.60 Å². The molecule has 0 aromatic carbocycles. The van der Waals surface area contributed by atoms with Gasteiger partial charge in [-0.2, -0.15) is 5.26 Å². The Balaban J connectivity index is 2.38. The van der Waals surface area contributed by atoms with Crippen LogP contribution in [0.3, 0.4) is 0 Å². The first-order valence-corrected chi connectivity index (χ1v) is 6.43. The number of piperidine rings is 1. The fraction of sp³-hybridized carbons (Fsp3) is 0.583. The average molecular weight is 252 g/mol. The molecule has 1 aromatic rings. The van der Waals surface area contributed by atoms with E-state index in [1.54, 1.807) is 6.92 Å². The first-order valence-electron chi connectivity index (χ1n) is 5.62. The molecule has 4 nitrogen and oxygen atoms in total. The number of aromatic hydroxyl groups is 1. The molecule has 0 atom stereocenters. The summed E-state index contributed by atoms with van der Waals surface area (Å²) in [6.45, 7) is 3.40. The lowest BCUT2D eigenvalue weighted by atomic mass is 9.89. The molecule has 5 heteroatoms. The maximum Gasteiger partial charge on any atom is 0.150 e. The first kappa shape index (κ1) is 12.4. The Morgan fingerprint density at radius 1 is 1.41 bits per heavy atom. The Kier molecular flexibility index (Phi) is 3.13. The molecule has 0 aliphatic carbocycles. The second-order valence-electron chi connectivity index (χ2n) is 4.66. The van der Waals surface area contributed by atoms with Crippen LogP contribution in [0.5, 0.6) is 5.75 Å². The number of nitrogens with zero attached hydrogens (tertiary/aromatic N) is 2. The highest BCUT2D eigenvalue weighted by molar-refractivity contribution is 7.12. The summed E-state index contributed by atoms with van der Waals surface area (Å²) in [6, 6.07) is 1.99. The molecule has 0 amide bonds. The molecule has 2 N–H and O–H groups in total. The van der Waals surface area contributed by atoms with Gasteiger partial charge >= 0.3 is 0 Å². The maximum atomic E-state index is 10.6. The lowest BCUT2D eigenvalue weighted by Gasteiger charge is -2.35. The first-order chi connectivity index (χ1) is 7.98. The third-order valence-electron chi connectivity index (χ3n) is 3.41. The van der Waals surface area contributed by atoms with Crippen LogP contribution in [0.15, 0.2) is 0 Å². The van der Waals surface area contributed by atoms with Gasteiger partial charge in [0.1, 0.15) is 23.0 Å². The average Bonchev–Trinajstić information content (AvgIpc) is 2.59. The second-order valence-corrected chi connectivity index (χ2v) is 5.88. The van der Waals surface area contributed by atoms with Gasteiger partial charge in [-0.25, -0.2) is 0 Å². The molecule has 1 aliphatic rings. The monoisotopic (exact) mass is 252 g/mol. The number of nitriles is 1. The van der Waals surface area contributed by atoms with Crippen molar-refractivity contribution in [1.82, 2.24) is 4.90 Å². The van der Waals surface area contributed by atoms with E-state index in [9.17, 15) is 10.2 Å². The van der Waals surface area contributed by atoms with Crippen LogP contribution >= 0.6 is 11.3 Å². The zero-order chi connectivity index (χ0) is 12.6. The Morgan fingerprint density at radius 3 is 2.47 bits per heavy atom. The molecule has 0 radical (unpaired) electrons. The summed E-state index contributed by atoms with van der Waals surface area (Å²) in [4.78, 5) is 3.48. The Morgan fingerprint density at radius 2 is 2.00 bits per heavy atom. The van der Waals surface area contributed by atoms with Crippen molar-refractivity contribution in [3.63, 3.8) is 0 Å². The molecule has 0 bridgehead atoms. The number of likely N-dealkylation sites (tertiary alicyclic amines) is 1. The van der Waals surface area contributed by atoms with E-state index in [4.69, 9.17) is 5.26 Å². The second kappa shape index (κ2) is 4.30. The largest absolute Gasteiger partial charge is 0.505 e. The van der Waals surface area contributed by atoms with Crippen LogP contribution in [0.25, 0.3) is 0 Å². The molecule has 1 aliphatic heterocycles. The van der Waals surface area contributed by atoms with Crippen LogP contribution < -0.4 is 0 Å². The minimum atomic E-state index is -0.971. The predicted octanol–water partition coefficient (Wildman–Crippen LogP) is 1.55. The van der Waals surface area contributed by atoms with Crippen LogP contribution in [0.1, 0.15) is 28.2 Å². The van der Waals surface area contributed by atoms with Gasteiger partial charge in [-0.05, 0) is 26.8 Å². The Labute approximate surface area is 105 Å². The van der Waals surface area contributed by atoms with Crippen molar-refractivity contribution in [2.45, 2.75) is 25.4 Å². The van der Waals surface area contributed by atoms with Crippen molar-refractivity contribution in [3.8, 4) is 11.8 Å². The highest BCUT2D eigenvalue weighted by Gasteiger charge is 2.38. The van der Waals surface area contributed by atoms with E-state index in [0.717, 1.165) is 18.0 Å². The topological polar surface area (TPSA) is 67.5 Å². The summed E-state index contributed by atoms with van der Waals surface area (Å²) < 4.78 is 0. The summed E-state index contributed by atoms with van der Waals surface area (Å²) in [6.07, 6.45) is 1.20. The summed E-state index contributed by atoms with van der Waals surface area (Å²) in [5.41, 5.74) is -0.668. The highest BCUT2D eigenvalue weighted by Crippen LogP contribution is 2.44. The molecule has 2 heterocycles. The van der Waals surface area contributed by atoms with Crippen molar-refractivity contribution in [2.75, 3.05) is 20.1 Å². The van der Waals surface area contributed by atoms with E-state index in [-0.39, 0.29) is 5.75 Å². The molecule has 17 heavy (non-hydrogen) atoms. The minimum absolute atomic E-state index is 0.0259. The standard InChI is InChI=1S/C12H16N2O2S/c1-8-9(7-13)10(15)11(17-8)12(16)3-5-14(2)6-4-12/h15-16H,3-6H2,1-2H3. The van der Waals surface area contributed by atoms with Gasteiger partial charge in [-0.3, -0.25) is 0 Å². The van der Waals surface area contributed by atoms with Gasteiger partial charge in [-0.15, -0.1) is 11.3 Å². The van der Waals surface area contributed by atoms with Crippen LogP contribution in [0, 0.1) is 18.3 Å². The predicted molar refractivity (Wildman–Crippen MR) is 66.1 cm³/mol. The normalized spacial score (nSPS) is 20.1. The number of aryl methyl sites for hydroxylation is 1. The molecular formula is C12H16N2O2S. The lowest BCUT2D eigenvalue weighted by molar-refractivity contribution is -0.0187. The van der Waals surface area contributed by atoms with Gasteiger partial charge in [0.05, 0.1) is 4.88 Å². The Bertz CT molecular complexity index is 468. The van der Waals surface area contributed by atoms with E-state index in [0.29, 0.717) is 23.3 Å². The SMILES string of the molecule is Cc1sc(C2(O)CCN(C)CC2)c(O)c1C#N. The zero-order valence-electron chi connectivity index (χ0n) is 10.0. The van der Waals surface area contributed by atoms with Gasteiger partial charge in [0, 0.05) is 18.0 Å². The van der Waals surface area contributed by atoms with Gasteiger partial charge < -0.3 is 15.1 Å². The number of hydrogen-bond donors (Lipinski definition) is 2. The van der Waals surface area contributed by atoms with Crippen LogP contribution in [-0.4, -0.2) is 35.3 Å². The van der Waals surface area contributed by atoms with Crippen molar-refractivity contribution >= 4 is 11.3 Å². The molecule has 2 rings (SSSR count). The van der Waals surface area contributed by atoms with E-state index in [1.165, 1.54) is 11.3 Å². The third-order valence-corrected chi connectivity index (χ3v) is 4.70. The van der Waals surface area contributed by atoms with Crippen molar-refractivity contribution < 1.29 is 10.2 Å². The number of aliphatic hydroxyl groups is 1. The van der Waals surface area contributed by atoms with E-state index in [2.05, 4.69) is 4.90 Å². The van der Waals surface area contributed by atoms with Crippen LogP contribution in [0.4, 0.5) is 0 Å². The summed E-state index contributed by atoms with van der Waals surface area (Å²) >= 11 is 1.33. The molecule has 0 spiro atoms. The fourth-order valence-electron chi connectivity index (χ4n) is 2.20. The van der Waals surface area contributed by atoms with E-state index >= 15 is 0 Å². The fourth-order valence-corrected chi connectivity index (χ4v) is 3.34. The quantitative estimate of drug-likeness (QED) is 0.795. The molecule has 1 aromatic heterocycles. The Hall–Kier alpha value is -1.09. The summed E-state index contributed by atoms with van der Waals surface area (Å²) in [5.74, 6) is -0.0259. The van der Waals surface area contributed by atoms with Crippen molar-refractivity contribution in [1.29, 1.82) is 5.26 Å². The van der Waals surface area contributed by atoms with Crippen LogP contribution in [0.2, 0.25) is 0 Å². The minimum Gasteiger partial charge on any atom is -0.505 e. The number of rotatable bonds is 1. The number of thiophene rings is 1. The lowest BCUT2D eigenvalue weighted by Crippen LogP contribution is -2.40. The molecule has 1 fully saturated rings. The summed E-state index contributed by atoms with van der Waals surface area (Å²) in [5, 5.41) is 29.5. The highest BCUT2D eigenvalue weighted by atomic mass is 32.1.